The summed E-state index contributed by atoms with van der Waals surface area (Å²) in [5, 5.41) is 3.98. The summed E-state index contributed by atoms with van der Waals surface area (Å²) >= 11 is 0. The Kier molecular flexibility index (Phi) is 2.73. The number of nitrogens with zero attached hydrogens (tertiary/aromatic N) is 3. The number of aromatic nitrogens is 4. The Labute approximate surface area is 96.1 Å². The van der Waals surface area contributed by atoms with Gasteiger partial charge >= 0.3 is 5.97 Å². The van der Waals surface area contributed by atoms with Gasteiger partial charge in [0.1, 0.15) is 5.56 Å². The van der Waals surface area contributed by atoms with E-state index < -0.39 is 5.97 Å². The van der Waals surface area contributed by atoms with Crippen molar-refractivity contribution in [1.29, 1.82) is 0 Å². The van der Waals surface area contributed by atoms with Crippen LogP contribution < -0.4 is 5.56 Å². The van der Waals surface area contributed by atoms with Gasteiger partial charge in [-0.3, -0.25) is 9.78 Å². The fourth-order valence-corrected chi connectivity index (χ4v) is 1.40. The Balaban J connectivity index is 2.51. The number of aromatic amines is 1. The van der Waals surface area contributed by atoms with Crippen molar-refractivity contribution in [2.75, 3.05) is 7.11 Å². The highest BCUT2D eigenvalue weighted by Gasteiger charge is 2.16. The van der Waals surface area contributed by atoms with Crippen LogP contribution in [0.4, 0.5) is 0 Å². The van der Waals surface area contributed by atoms with E-state index in [1.165, 1.54) is 30.3 Å². The lowest BCUT2D eigenvalue weighted by Gasteiger charge is -2.02. The number of H-pyrrole nitrogens is 1. The highest BCUT2D eigenvalue weighted by atomic mass is 16.5. The Hall–Kier alpha value is -2.44. The van der Waals surface area contributed by atoms with E-state index in [0.29, 0.717) is 11.3 Å². The zero-order valence-electron chi connectivity index (χ0n) is 9.30. The molecule has 1 N–H and O–H groups in total. The predicted octanol–water partition coefficient (Wildman–Crippen LogP) is 0.0506. The molecule has 0 saturated heterocycles. The number of carbonyl (C=O) groups excluding carboxylic acids is 1. The van der Waals surface area contributed by atoms with E-state index in [4.69, 9.17) is 0 Å². The Morgan fingerprint density at radius 3 is 2.94 bits per heavy atom. The number of esters is 1. The van der Waals surface area contributed by atoms with E-state index in [0.717, 1.165) is 0 Å². The van der Waals surface area contributed by atoms with Gasteiger partial charge in [-0.15, -0.1) is 0 Å². The van der Waals surface area contributed by atoms with Gasteiger partial charge in [0.15, 0.2) is 0 Å². The van der Waals surface area contributed by atoms with Crippen LogP contribution in [0.15, 0.2) is 23.3 Å². The molecule has 0 atom stereocenters. The minimum atomic E-state index is -0.480. The van der Waals surface area contributed by atoms with Crippen molar-refractivity contribution in [1.82, 2.24) is 19.7 Å². The molecule has 2 aromatic rings. The maximum Gasteiger partial charge on any atom is 0.341 e. The summed E-state index contributed by atoms with van der Waals surface area (Å²) in [6.07, 6.45) is 2.74. The minimum absolute atomic E-state index is 0.255. The maximum atomic E-state index is 11.4. The van der Waals surface area contributed by atoms with Crippen molar-refractivity contribution < 1.29 is 9.53 Å². The number of hydrogen-bond acceptors (Lipinski definition) is 5. The van der Waals surface area contributed by atoms with Crippen LogP contribution >= 0.6 is 0 Å². The SMILES string of the molecule is COC(=O)c1cnn(-c2nccc(=O)[nH]2)c1C. The molecule has 2 heterocycles. The molecule has 0 saturated carbocycles. The summed E-state index contributed by atoms with van der Waals surface area (Å²) in [4.78, 5) is 29.0. The quantitative estimate of drug-likeness (QED) is 0.741. The van der Waals surface area contributed by atoms with Gasteiger partial charge in [0.25, 0.3) is 5.56 Å². The number of hydrogen-bond donors (Lipinski definition) is 1. The molecule has 0 unspecified atom stereocenters. The number of carbonyl (C=O) groups is 1. The second kappa shape index (κ2) is 4.20. The third kappa shape index (κ3) is 1.94. The van der Waals surface area contributed by atoms with Crippen LogP contribution in [0.5, 0.6) is 0 Å². The zero-order valence-corrected chi connectivity index (χ0v) is 9.30. The first-order valence-corrected chi connectivity index (χ1v) is 4.82. The van der Waals surface area contributed by atoms with Crippen molar-refractivity contribution in [3.8, 4) is 5.95 Å². The van der Waals surface area contributed by atoms with Crippen molar-refractivity contribution in [2.45, 2.75) is 6.92 Å². The summed E-state index contributed by atoms with van der Waals surface area (Å²) in [7, 11) is 1.29. The van der Waals surface area contributed by atoms with Gasteiger partial charge in [-0.1, -0.05) is 0 Å². The molecule has 0 fully saturated rings. The van der Waals surface area contributed by atoms with Crippen LogP contribution in [0.1, 0.15) is 16.1 Å². The molecule has 0 bridgehead atoms. The molecule has 0 aliphatic carbocycles. The highest BCUT2D eigenvalue weighted by Crippen LogP contribution is 2.10. The van der Waals surface area contributed by atoms with Crippen LogP contribution in [0.3, 0.4) is 0 Å². The Morgan fingerprint density at radius 1 is 1.53 bits per heavy atom. The topological polar surface area (TPSA) is 89.9 Å². The second-order valence-electron chi connectivity index (χ2n) is 3.30. The van der Waals surface area contributed by atoms with E-state index in [1.54, 1.807) is 6.92 Å². The molecular formula is C10H10N4O3. The van der Waals surface area contributed by atoms with Gasteiger partial charge in [0.2, 0.25) is 5.95 Å². The van der Waals surface area contributed by atoms with E-state index in [1.807, 2.05) is 0 Å². The standard InChI is InChI=1S/C10H10N4O3/c1-6-7(9(16)17-2)5-12-14(6)10-11-4-3-8(15)13-10/h3-5H,1-2H3,(H,11,13,15). The van der Waals surface area contributed by atoms with Gasteiger partial charge < -0.3 is 4.74 Å². The summed E-state index contributed by atoms with van der Waals surface area (Å²) in [6, 6.07) is 1.30. The normalized spacial score (nSPS) is 10.2. The van der Waals surface area contributed by atoms with E-state index >= 15 is 0 Å². The first kappa shape index (κ1) is 11.1. The fourth-order valence-electron chi connectivity index (χ4n) is 1.40. The lowest BCUT2D eigenvalue weighted by molar-refractivity contribution is 0.0600. The molecule has 0 aromatic carbocycles. The molecule has 2 aromatic heterocycles. The molecule has 7 heteroatoms. The average Bonchev–Trinajstić information content (AvgIpc) is 2.70. The zero-order chi connectivity index (χ0) is 12.4. The van der Waals surface area contributed by atoms with Gasteiger partial charge in [0, 0.05) is 12.3 Å². The molecule has 7 nitrogen and oxygen atoms in total. The van der Waals surface area contributed by atoms with Gasteiger partial charge in [-0.25, -0.2) is 14.5 Å². The summed E-state index contributed by atoms with van der Waals surface area (Å²) in [5.74, 6) is -0.225. The molecule has 0 radical (unpaired) electrons. The van der Waals surface area contributed by atoms with Crippen LogP contribution in [0, 0.1) is 6.92 Å². The lowest BCUT2D eigenvalue weighted by atomic mass is 10.3. The van der Waals surface area contributed by atoms with E-state index in [-0.39, 0.29) is 11.5 Å². The number of nitrogens with one attached hydrogen (secondary N) is 1. The smallest absolute Gasteiger partial charge is 0.341 e. The molecule has 0 amide bonds. The molecule has 0 spiro atoms. The van der Waals surface area contributed by atoms with Crippen molar-refractivity contribution in [2.24, 2.45) is 0 Å². The van der Waals surface area contributed by atoms with Crippen LogP contribution in [0.25, 0.3) is 5.95 Å². The monoisotopic (exact) mass is 234 g/mol. The van der Waals surface area contributed by atoms with Gasteiger partial charge in [-0.05, 0) is 6.92 Å². The van der Waals surface area contributed by atoms with Crippen LogP contribution in [-0.4, -0.2) is 32.8 Å². The molecule has 0 aliphatic rings. The fraction of sp³-hybridized carbons (Fsp3) is 0.200. The molecule has 0 aliphatic heterocycles. The summed E-state index contributed by atoms with van der Waals surface area (Å²) in [5.41, 5.74) is 0.592. The molecular weight excluding hydrogens is 224 g/mol. The van der Waals surface area contributed by atoms with Crippen LogP contribution in [0.2, 0.25) is 0 Å². The Bertz CT molecular complexity index is 614. The molecule has 2 rings (SSSR count). The minimum Gasteiger partial charge on any atom is -0.465 e. The van der Waals surface area contributed by atoms with E-state index in [9.17, 15) is 9.59 Å². The third-order valence-corrected chi connectivity index (χ3v) is 2.27. The van der Waals surface area contributed by atoms with Crippen molar-refractivity contribution in [3.63, 3.8) is 0 Å². The number of ether oxygens (including phenoxy) is 1. The van der Waals surface area contributed by atoms with E-state index in [2.05, 4.69) is 19.8 Å². The molecule has 17 heavy (non-hydrogen) atoms. The van der Waals surface area contributed by atoms with Crippen LogP contribution in [-0.2, 0) is 4.74 Å². The average molecular weight is 234 g/mol. The van der Waals surface area contributed by atoms with Gasteiger partial charge in [0.05, 0.1) is 19.0 Å². The number of methoxy groups -OCH3 is 1. The number of rotatable bonds is 2. The van der Waals surface area contributed by atoms with Crippen molar-refractivity contribution >= 4 is 5.97 Å². The molecule has 88 valence electrons. The summed E-state index contributed by atoms with van der Waals surface area (Å²) in [6.45, 7) is 1.69. The Morgan fingerprint density at radius 2 is 2.29 bits per heavy atom. The largest absolute Gasteiger partial charge is 0.465 e. The first-order chi connectivity index (χ1) is 8.13. The van der Waals surface area contributed by atoms with Gasteiger partial charge in [-0.2, -0.15) is 5.10 Å². The maximum absolute atomic E-state index is 11.4. The first-order valence-electron chi connectivity index (χ1n) is 4.82. The summed E-state index contributed by atoms with van der Waals surface area (Å²) < 4.78 is 5.97. The predicted molar refractivity (Wildman–Crippen MR) is 58.1 cm³/mol. The van der Waals surface area contributed by atoms with Crippen molar-refractivity contribution in [3.05, 3.63) is 40.1 Å². The second-order valence-corrected chi connectivity index (χ2v) is 3.30. The lowest BCUT2D eigenvalue weighted by Crippen LogP contribution is -2.13. The third-order valence-electron chi connectivity index (χ3n) is 2.27. The highest BCUT2D eigenvalue weighted by molar-refractivity contribution is 5.90.